The number of anilines is 2. The van der Waals surface area contributed by atoms with E-state index in [1.807, 2.05) is 0 Å². The van der Waals surface area contributed by atoms with Gasteiger partial charge in [0, 0.05) is 6.42 Å². The number of hydrogen-bond acceptors (Lipinski definition) is 3. The Morgan fingerprint density at radius 2 is 1.64 bits per heavy atom. The molecule has 0 aliphatic rings. The van der Waals surface area contributed by atoms with Crippen molar-refractivity contribution >= 4 is 23.1 Å². The van der Waals surface area contributed by atoms with Gasteiger partial charge in [0.15, 0.2) is 0 Å². The van der Waals surface area contributed by atoms with Crippen molar-refractivity contribution in [3.05, 3.63) is 24.3 Å². The number of unbranched alkanes of at least 4 members (excludes halogenated alkanes) is 6. The van der Waals surface area contributed by atoms with E-state index in [0.29, 0.717) is 17.8 Å². The molecular weight excluding hydrogens is 276 g/mol. The minimum Gasteiger partial charge on any atom is -0.397 e. The van der Waals surface area contributed by atoms with Crippen LogP contribution >= 0.6 is 0 Å². The summed E-state index contributed by atoms with van der Waals surface area (Å²) in [5, 5.41) is 2.68. The molecule has 1 rings (SSSR count). The third-order valence-corrected chi connectivity index (χ3v) is 3.65. The molecule has 0 atom stereocenters. The van der Waals surface area contributed by atoms with Crippen LogP contribution in [0, 0.1) is 0 Å². The van der Waals surface area contributed by atoms with E-state index in [1.165, 1.54) is 32.1 Å². The number of rotatable bonds is 11. The number of nitrogens with two attached hydrogens (primary N) is 1. The van der Waals surface area contributed by atoms with Crippen molar-refractivity contribution in [2.45, 2.75) is 64.7 Å². The van der Waals surface area contributed by atoms with E-state index in [2.05, 4.69) is 12.2 Å². The van der Waals surface area contributed by atoms with Gasteiger partial charge in [0.25, 0.3) is 0 Å². The van der Waals surface area contributed by atoms with Crippen LogP contribution in [-0.4, -0.2) is 11.7 Å². The van der Waals surface area contributed by atoms with Gasteiger partial charge in [-0.3, -0.25) is 9.59 Å². The molecule has 1 aromatic carbocycles. The Morgan fingerprint density at radius 3 is 2.32 bits per heavy atom. The average molecular weight is 304 g/mol. The quantitative estimate of drug-likeness (QED) is 0.363. The highest BCUT2D eigenvalue weighted by Gasteiger charge is 2.10. The van der Waals surface area contributed by atoms with E-state index in [9.17, 15) is 9.59 Å². The van der Waals surface area contributed by atoms with Gasteiger partial charge in [-0.15, -0.1) is 0 Å². The first kappa shape index (κ1) is 18.2. The minimum absolute atomic E-state index is 0.000519. The summed E-state index contributed by atoms with van der Waals surface area (Å²) in [5.74, 6) is -0.286. The topological polar surface area (TPSA) is 72.2 Å². The molecule has 122 valence electrons. The first-order chi connectivity index (χ1) is 10.6. The number of para-hydroxylation sites is 2. The summed E-state index contributed by atoms with van der Waals surface area (Å²) in [7, 11) is 0. The van der Waals surface area contributed by atoms with Crippen LogP contribution in [-0.2, 0) is 9.59 Å². The van der Waals surface area contributed by atoms with Crippen LogP contribution in [0.5, 0.6) is 0 Å². The van der Waals surface area contributed by atoms with Crippen LogP contribution in [0.15, 0.2) is 24.3 Å². The van der Waals surface area contributed by atoms with Crippen LogP contribution in [0.2, 0.25) is 0 Å². The lowest BCUT2D eigenvalue weighted by Crippen LogP contribution is -2.17. The van der Waals surface area contributed by atoms with Gasteiger partial charge in [0.1, 0.15) is 5.78 Å². The summed E-state index contributed by atoms with van der Waals surface area (Å²) >= 11 is 0. The smallest absolute Gasteiger partial charge is 0.231 e. The Balaban J connectivity index is 2.14. The second-order valence-corrected chi connectivity index (χ2v) is 5.72. The highest BCUT2D eigenvalue weighted by atomic mass is 16.2. The fraction of sp³-hybridized carbons (Fsp3) is 0.556. The first-order valence-electron chi connectivity index (χ1n) is 8.29. The fourth-order valence-electron chi connectivity index (χ4n) is 2.35. The Kier molecular flexibility index (Phi) is 8.96. The van der Waals surface area contributed by atoms with Crippen molar-refractivity contribution in [1.29, 1.82) is 0 Å². The summed E-state index contributed by atoms with van der Waals surface area (Å²) in [6.07, 6.45) is 8.63. The van der Waals surface area contributed by atoms with Gasteiger partial charge in [0.05, 0.1) is 17.8 Å². The second kappa shape index (κ2) is 10.8. The summed E-state index contributed by atoms with van der Waals surface area (Å²) < 4.78 is 0. The monoisotopic (exact) mass is 304 g/mol. The van der Waals surface area contributed by atoms with Crippen molar-refractivity contribution < 1.29 is 9.59 Å². The van der Waals surface area contributed by atoms with Gasteiger partial charge in [0.2, 0.25) is 5.91 Å². The number of ketones is 1. The number of nitrogen functional groups attached to an aromatic ring is 1. The molecule has 3 N–H and O–H groups in total. The van der Waals surface area contributed by atoms with E-state index in [1.54, 1.807) is 24.3 Å². The third-order valence-electron chi connectivity index (χ3n) is 3.65. The maximum atomic E-state index is 11.8. The van der Waals surface area contributed by atoms with Gasteiger partial charge in [-0.1, -0.05) is 57.6 Å². The Bertz CT molecular complexity index is 472. The van der Waals surface area contributed by atoms with Crippen molar-refractivity contribution in [2.24, 2.45) is 0 Å². The summed E-state index contributed by atoms with van der Waals surface area (Å²) in [4.78, 5) is 23.6. The predicted molar refractivity (Wildman–Crippen MR) is 91.7 cm³/mol. The molecule has 0 saturated heterocycles. The lowest BCUT2D eigenvalue weighted by molar-refractivity contribution is -0.125. The highest BCUT2D eigenvalue weighted by Crippen LogP contribution is 2.17. The van der Waals surface area contributed by atoms with Gasteiger partial charge in [-0.05, 0) is 18.6 Å². The third kappa shape index (κ3) is 7.81. The number of amides is 1. The molecule has 1 amide bonds. The van der Waals surface area contributed by atoms with Crippen LogP contribution in [0.4, 0.5) is 11.4 Å². The number of benzene rings is 1. The van der Waals surface area contributed by atoms with Crippen LogP contribution in [0.25, 0.3) is 0 Å². The molecule has 0 bridgehead atoms. The molecule has 0 saturated carbocycles. The van der Waals surface area contributed by atoms with Crippen molar-refractivity contribution in [3.8, 4) is 0 Å². The second-order valence-electron chi connectivity index (χ2n) is 5.72. The lowest BCUT2D eigenvalue weighted by atomic mass is 10.1. The summed E-state index contributed by atoms with van der Waals surface area (Å²) in [5.41, 5.74) is 6.82. The summed E-state index contributed by atoms with van der Waals surface area (Å²) in [6.45, 7) is 2.20. The molecule has 0 aromatic heterocycles. The molecule has 0 aliphatic carbocycles. The fourth-order valence-corrected chi connectivity index (χ4v) is 2.35. The van der Waals surface area contributed by atoms with Gasteiger partial charge < -0.3 is 11.1 Å². The first-order valence-corrected chi connectivity index (χ1v) is 8.29. The zero-order valence-corrected chi connectivity index (χ0v) is 13.6. The molecule has 0 fully saturated rings. The molecule has 4 nitrogen and oxygen atoms in total. The number of carbonyl (C=O) groups excluding carboxylic acids is 2. The van der Waals surface area contributed by atoms with Crippen molar-refractivity contribution in [1.82, 2.24) is 0 Å². The Morgan fingerprint density at radius 1 is 1.00 bits per heavy atom. The van der Waals surface area contributed by atoms with Crippen LogP contribution < -0.4 is 11.1 Å². The minimum atomic E-state index is -0.286. The average Bonchev–Trinajstić information content (AvgIpc) is 2.48. The SMILES string of the molecule is CCCCCCCCCC(=O)CC(=O)Nc1ccccc1N. The standard InChI is InChI=1S/C18H28N2O2/c1-2-3-4-5-6-7-8-11-15(21)14-18(22)20-17-13-10-9-12-16(17)19/h9-10,12-13H,2-8,11,14,19H2,1H3,(H,20,22). The molecule has 0 radical (unpaired) electrons. The van der Waals surface area contributed by atoms with Crippen molar-refractivity contribution in [3.63, 3.8) is 0 Å². The molecular formula is C18H28N2O2. The summed E-state index contributed by atoms with van der Waals surface area (Å²) in [6, 6.07) is 7.05. The Labute approximate surface area is 133 Å². The number of nitrogens with one attached hydrogen (secondary N) is 1. The van der Waals surface area contributed by atoms with Crippen molar-refractivity contribution in [2.75, 3.05) is 11.1 Å². The predicted octanol–water partition coefficient (Wildman–Crippen LogP) is 4.31. The van der Waals surface area contributed by atoms with E-state index >= 15 is 0 Å². The maximum Gasteiger partial charge on any atom is 0.231 e. The van der Waals surface area contributed by atoms with Crippen LogP contribution in [0.1, 0.15) is 64.7 Å². The number of Topliss-reactive ketones (excluding diaryl/α,β-unsaturated/α-hetero) is 1. The largest absolute Gasteiger partial charge is 0.397 e. The maximum absolute atomic E-state index is 11.8. The Hall–Kier alpha value is -1.84. The number of carbonyl (C=O) groups is 2. The zero-order chi connectivity index (χ0) is 16.2. The van der Waals surface area contributed by atoms with E-state index in [-0.39, 0.29) is 18.1 Å². The number of hydrogen-bond donors (Lipinski definition) is 2. The normalized spacial score (nSPS) is 10.4. The lowest BCUT2D eigenvalue weighted by Gasteiger charge is -2.07. The van der Waals surface area contributed by atoms with E-state index < -0.39 is 0 Å². The molecule has 1 aromatic rings. The zero-order valence-electron chi connectivity index (χ0n) is 13.6. The van der Waals surface area contributed by atoms with Gasteiger partial charge in [-0.2, -0.15) is 0 Å². The molecule has 4 heteroatoms. The molecule has 0 unspecified atom stereocenters. The molecule has 0 spiro atoms. The molecule has 0 heterocycles. The molecule has 22 heavy (non-hydrogen) atoms. The van der Waals surface area contributed by atoms with E-state index in [0.717, 1.165) is 12.8 Å². The van der Waals surface area contributed by atoms with Gasteiger partial charge >= 0.3 is 0 Å². The van der Waals surface area contributed by atoms with Gasteiger partial charge in [-0.25, -0.2) is 0 Å². The molecule has 0 aliphatic heterocycles. The van der Waals surface area contributed by atoms with Crippen LogP contribution in [0.3, 0.4) is 0 Å². The highest BCUT2D eigenvalue weighted by molar-refractivity contribution is 6.05. The van der Waals surface area contributed by atoms with E-state index in [4.69, 9.17) is 5.73 Å².